The van der Waals surface area contributed by atoms with Crippen molar-refractivity contribution in [1.82, 2.24) is 19.7 Å². The number of thioether (sulfide) groups is 1. The first-order valence-electron chi connectivity index (χ1n) is 11.6. The molecule has 3 fully saturated rings. The van der Waals surface area contributed by atoms with E-state index in [0.717, 1.165) is 50.4 Å². The minimum Gasteiger partial charge on any atom is -0.368 e. The van der Waals surface area contributed by atoms with Gasteiger partial charge in [-0.2, -0.15) is 0 Å². The van der Waals surface area contributed by atoms with E-state index in [1.807, 2.05) is 4.90 Å². The first-order valence-corrected chi connectivity index (χ1v) is 12.6. The number of piperazine rings is 1. The lowest BCUT2D eigenvalue weighted by molar-refractivity contribution is -0.128. The summed E-state index contributed by atoms with van der Waals surface area (Å²) in [4.78, 5) is 19.6. The van der Waals surface area contributed by atoms with E-state index in [4.69, 9.17) is 0 Å². The molecule has 166 valence electrons. The van der Waals surface area contributed by atoms with Crippen molar-refractivity contribution in [2.24, 2.45) is 0 Å². The Hall–Kier alpha value is -2.22. The second kappa shape index (κ2) is 9.10. The van der Waals surface area contributed by atoms with E-state index in [0.29, 0.717) is 11.8 Å². The highest BCUT2D eigenvalue weighted by Crippen LogP contribution is 2.41. The van der Waals surface area contributed by atoms with Gasteiger partial charge < -0.3 is 14.7 Å². The van der Waals surface area contributed by atoms with E-state index in [2.05, 4.69) is 55.8 Å². The molecule has 1 saturated carbocycles. The molecule has 1 aromatic carbocycles. The van der Waals surface area contributed by atoms with E-state index >= 15 is 0 Å². The van der Waals surface area contributed by atoms with Crippen LogP contribution < -0.4 is 9.80 Å². The van der Waals surface area contributed by atoms with Gasteiger partial charge in [0, 0.05) is 51.0 Å². The lowest BCUT2D eigenvalue weighted by atomic mass is 10.1. The summed E-state index contributed by atoms with van der Waals surface area (Å²) in [6.07, 6.45) is 6.16. The Balaban J connectivity index is 1.17. The van der Waals surface area contributed by atoms with Crippen LogP contribution in [0.1, 0.15) is 43.7 Å². The molecule has 5 rings (SSSR count). The normalized spacial score (nSPS) is 19.7. The summed E-state index contributed by atoms with van der Waals surface area (Å²) in [7, 11) is 0. The SMILES string of the molecule is Cc1cccc(N2CCN(C(=O)CSc3nnc(N4CCCCC4)n3C3CC3)CC2)c1. The Bertz CT molecular complexity index is 913. The molecule has 0 atom stereocenters. The van der Waals surface area contributed by atoms with Gasteiger partial charge in [-0.3, -0.25) is 9.36 Å². The van der Waals surface area contributed by atoms with Crippen molar-refractivity contribution in [3.05, 3.63) is 29.8 Å². The summed E-state index contributed by atoms with van der Waals surface area (Å²) in [5.41, 5.74) is 2.53. The Morgan fingerprint density at radius 3 is 2.48 bits per heavy atom. The lowest BCUT2D eigenvalue weighted by Crippen LogP contribution is -2.49. The van der Waals surface area contributed by atoms with Crippen molar-refractivity contribution < 1.29 is 4.79 Å². The largest absolute Gasteiger partial charge is 0.368 e. The number of rotatable bonds is 6. The van der Waals surface area contributed by atoms with Crippen molar-refractivity contribution in [3.63, 3.8) is 0 Å². The maximum absolute atomic E-state index is 12.9. The number of carbonyl (C=O) groups is 1. The molecule has 0 spiro atoms. The number of aromatic nitrogens is 3. The average molecular weight is 441 g/mol. The van der Waals surface area contributed by atoms with Crippen LogP contribution >= 0.6 is 11.8 Å². The number of carbonyl (C=O) groups excluding carboxylic acids is 1. The van der Waals surface area contributed by atoms with Gasteiger partial charge in [0.1, 0.15) is 0 Å². The third-order valence-corrected chi connectivity index (χ3v) is 7.45. The van der Waals surface area contributed by atoms with Crippen LogP contribution in [0.4, 0.5) is 11.6 Å². The van der Waals surface area contributed by atoms with Crippen molar-refractivity contribution in [1.29, 1.82) is 0 Å². The maximum Gasteiger partial charge on any atom is 0.233 e. The Labute approximate surface area is 188 Å². The Morgan fingerprint density at radius 1 is 1.00 bits per heavy atom. The van der Waals surface area contributed by atoms with E-state index in [-0.39, 0.29) is 5.91 Å². The Kier molecular flexibility index (Phi) is 6.07. The van der Waals surface area contributed by atoms with Crippen LogP contribution in [0.2, 0.25) is 0 Å². The predicted molar refractivity (Wildman–Crippen MR) is 125 cm³/mol. The number of hydrogen-bond donors (Lipinski definition) is 0. The smallest absolute Gasteiger partial charge is 0.233 e. The van der Waals surface area contributed by atoms with Gasteiger partial charge in [0.05, 0.1) is 5.75 Å². The summed E-state index contributed by atoms with van der Waals surface area (Å²) in [5.74, 6) is 1.66. The highest BCUT2D eigenvalue weighted by atomic mass is 32.2. The minimum absolute atomic E-state index is 0.207. The molecule has 7 nitrogen and oxygen atoms in total. The van der Waals surface area contributed by atoms with E-state index in [9.17, 15) is 4.79 Å². The van der Waals surface area contributed by atoms with Gasteiger partial charge in [0.25, 0.3) is 0 Å². The average Bonchev–Trinajstić information content (AvgIpc) is 3.57. The van der Waals surface area contributed by atoms with E-state index in [1.54, 1.807) is 11.8 Å². The summed E-state index contributed by atoms with van der Waals surface area (Å²) in [6.45, 7) is 7.59. The summed E-state index contributed by atoms with van der Waals surface area (Å²) >= 11 is 1.56. The molecule has 0 unspecified atom stereocenters. The van der Waals surface area contributed by atoms with E-state index < -0.39 is 0 Å². The molecule has 0 N–H and O–H groups in total. The van der Waals surface area contributed by atoms with E-state index in [1.165, 1.54) is 43.4 Å². The van der Waals surface area contributed by atoms with Crippen LogP contribution in [0.5, 0.6) is 0 Å². The standard InChI is InChI=1S/C23H32N6OS/c1-18-6-5-7-20(16-18)26-12-14-27(15-13-26)21(30)17-31-23-25-24-22(29(23)19-8-9-19)28-10-3-2-4-11-28/h5-7,16,19H,2-4,8-15,17H2,1H3. The van der Waals surface area contributed by atoms with Crippen molar-refractivity contribution in [3.8, 4) is 0 Å². The lowest BCUT2D eigenvalue weighted by Gasteiger charge is -2.36. The molecule has 1 aromatic heterocycles. The quantitative estimate of drug-likeness (QED) is 0.642. The first-order chi connectivity index (χ1) is 15.2. The molecule has 1 aliphatic carbocycles. The highest BCUT2D eigenvalue weighted by Gasteiger charge is 2.32. The number of anilines is 2. The van der Waals surface area contributed by atoms with Crippen LogP contribution in [-0.4, -0.2) is 70.6 Å². The zero-order valence-electron chi connectivity index (χ0n) is 18.4. The monoisotopic (exact) mass is 440 g/mol. The molecular formula is C23H32N6OS. The van der Waals surface area contributed by atoms with Gasteiger partial charge in [-0.05, 0) is 56.7 Å². The van der Waals surface area contributed by atoms with Crippen LogP contribution in [0.15, 0.2) is 29.4 Å². The molecule has 2 aliphatic heterocycles. The maximum atomic E-state index is 12.9. The number of aryl methyl sites for hydroxylation is 1. The number of hydrogen-bond acceptors (Lipinski definition) is 6. The van der Waals surface area contributed by atoms with Gasteiger partial charge in [-0.1, -0.05) is 23.9 Å². The molecule has 0 bridgehead atoms. The molecule has 1 amide bonds. The summed E-state index contributed by atoms with van der Waals surface area (Å²) in [5, 5.41) is 9.93. The van der Waals surface area contributed by atoms with Gasteiger partial charge in [-0.25, -0.2) is 0 Å². The second-order valence-corrected chi connectivity index (χ2v) is 9.87. The van der Waals surface area contributed by atoms with Crippen LogP contribution in [-0.2, 0) is 4.79 Å². The van der Waals surface area contributed by atoms with Gasteiger partial charge in [0.15, 0.2) is 5.16 Å². The molecular weight excluding hydrogens is 408 g/mol. The number of nitrogens with zero attached hydrogens (tertiary/aromatic N) is 6. The Morgan fingerprint density at radius 2 is 1.77 bits per heavy atom. The highest BCUT2D eigenvalue weighted by molar-refractivity contribution is 7.99. The third kappa shape index (κ3) is 4.68. The molecule has 8 heteroatoms. The van der Waals surface area contributed by atoms with Crippen molar-refractivity contribution in [2.45, 2.75) is 50.2 Å². The minimum atomic E-state index is 0.207. The number of benzene rings is 1. The van der Waals surface area contributed by atoms with Crippen LogP contribution in [0.25, 0.3) is 0 Å². The van der Waals surface area contributed by atoms with Crippen LogP contribution in [0.3, 0.4) is 0 Å². The number of piperidine rings is 1. The molecule has 3 aliphatic rings. The van der Waals surface area contributed by atoms with Crippen molar-refractivity contribution >= 4 is 29.3 Å². The number of amides is 1. The van der Waals surface area contributed by atoms with Crippen molar-refractivity contribution in [2.75, 3.05) is 54.8 Å². The first kappa shape index (κ1) is 20.7. The topological polar surface area (TPSA) is 57.5 Å². The third-order valence-electron chi connectivity index (χ3n) is 6.52. The van der Waals surface area contributed by atoms with Gasteiger partial charge in [-0.15, -0.1) is 10.2 Å². The van der Waals surface area contributed by atoms with Gasteiger partial charge in [0.2, 0.25) is 11.9 Å². The molecule has 3 heterocycles. The fourth-order valence-corrected chi connectivity index (χ4v) is 5.49. The zero-order chi connectivity index (χ0) is 21.2. The molecule has 0 radical (unpaired) electrons. The van der Waals surface area contributed by atoms with Gasteiger partial charge >= 0.3 is 0 Å². The summed E-state index contributed by atoms with van der Waals surface area (Å²) < 4.78 is 2.30. The second-order valence-electron chi connectivity index (χ2n) is 8.93. The van der Waals surface area contributed by atoms with Crippen LogP contribution in [0, 0.1) is 6.92 Å². The zero-order valence-corrected chi connectivity index (χ0v) is 19.2. The fraction of sp³-hybridized carbons (Fsp3) is 0.609. The molecule has 31 heavy (non-hydrogen) atoms. The summed E-state index contributed by atoms with van der Waals surface area (Å²) in [6, 6.07) is 9.12. The molecule has 2 saturated heterocycles. The molecule has 2 aromatic rings. The fourth-order valence-electron chi connectivity index (χ4n) is 4.59. The predicted octanol–water partition coefficient (Wildman–Crippen LogP) is 3.35.